The zero-order valence-corrected chi connectivity index (χ0v) is 19.4. The number of hydrogen-bond acceptors (Lipinski definition) is 4. The molecule has 4 rings (SSSR count). The van der Waals surface area contributed by atoms with Gasteiger partial charge in [-0.1, -0.05) is 58.4 Å². The number of carbonyl (C=O) groups excluding carboxylic acids is 2. The number of aromatic nitrogens is 1. The first kappa shape index (κ1) is 20.7. The van der Waals surface area contributed by atoms with Crippen molar-refractivity contribution in [3.8, 4) is 11.3 Å². The van der Waals surface area contributed by atoms with E-state index in [0.717, 1.165) is 13.6 Å². The third-order valence-corrected chi connectivity index (χ3v) is 5.76. The van der Waals surface area contributed by atoms with Crippen molar-refractivity contribution in [2.75, 3.05) is 6.61 Å². The summed E-state index contributed by atoms with van der Waals surface area (Å²) < 4.78 is 7.24. The van der Waals surface area contributed by atoms with Gasteiger partial charge in [-0.05, 0) is 59.0 Å². The molecule has 0 unspecified atom stereocenters. The van der Waals surface area contributed by atoms with E-state index < -0.39 is 5.97 Å². The number of hydrogen-bond donors (Lipinski definition) is 0. The van der Waals surface area contributed by atoms with E-state index in [-0.39, 0.29) is 12.4 Å². The third-order valence-electron chi connectivity index (χ3n) is 4.56. The maximum atomic E-state index is 12.9. The molecule has 3 aromatic carbocycles. The van der Waals surface area contributed by atoms with Crippen LogP contribution in [0.2, 0.25) is 0 Å². The maximum absolute atomic E-state index is 12.9. The summed E-state index contributed by atoms with van der Waals surface area (Å²) >= 11 is 5.53. The first-order valence-electron chi connectivity index (χ1n) is 9.13. The smallest absolute Gasteiger partial charge is 0.339 e. The summed E-state index contributed by atoms with van der Waals surface area (Å²) in [5.74, 6) is -0.806. The van der Waals surface area contributed by atoms with Gasteiger partial charge in [-0.25, -0.2) is 9.78 Å². The van der Waals surface area contributed by atoms with Crippen LogP contribution in [0, 0.1) is 3.57 Å². The van der Waals surface area contributed by atoms with Crippen LogP contribution in [0.15, 0.2) is 83.3 Å². The summed E-state index contributed by atoms with van der Waals surface area (Å²) in [6, 6.07) is 24.0. The van der Waals surface area contributed by atoms with Gasteiger partial charge in [0.1, 0.15) is 0 Å². The van der Waals surface area contributed by atoms with E-state index in [9.17, 15) is 9.59 Å². The monoisotopic (exact) mass is 571 g/mol. The summed E-state index contributed by atoms with van der Waals surface area (Å²) in [4.78, 5) is 30.0. The number of pyridine rings is 1. The minimum absolute atomic E-state index is 0.257. The highest BCUT2D eigenvalue weighted by Gasteiger charge is 2.17. The van der Waals surface area contributed by atoms with Crippen LogP contribution in [-0.4, -0.2) is 23.3 Å². The predicted molar refractivity (Wildman–Crippen MR) is 129 cm³/mol. The topological polar surface area (TPSA) is 56.3 Å². The lowest BCUT2D eigenvalue weighted by molar-refractivity contribution is 0.0476. The number of nitrogens with zero attached hydrogens (tertiary/aromatic N) is 1. The molecule has 0 atom stereocenters. The van der Waals surface area contributed by atoms with Crippen LogP contribution in [-0.2, 0) is 4.74 Å². The van der Waals surface area contributed by atoms with Gasteiger partial charge in [0.2, 0.25) is 0 Å². The molecule has 148 valence electrons. The molecule has 0 aliphatic heterocycles. The second-order valence-electron chi connectivity index (χ2n) is 6.59. The average Bonchev–Trinajstić information content (AvgIpc) is 2.77. The molecule has 0 bridgehead atoms. The van der Waals surface area contributed by atoms with E-state index >= 15 is 0 Å². The van der Waals surface area contributed by atoms with Gasteiger partial charge in [0.05, 0.1) is 16.8 Å². The van der Waals surface area contributed by atoms with Gasteiger partial charge in [0.25, 0.3) is 0 Å². The van der Waals surface area contributed by atoms with E-state index in [1.807, 2.05) is 48.5 Å². The van der Waals surface area contributed by atoms with Crippen LogP contribution >= 0.6 is 38.5 Å². The van der Waals surface area contributed by atoms with Crippen molar-refractivity contribution in [2.45, 2.75) is 0 Å². The number of rotatable bonds is 5. The normalized spacial score (nSPS) is 10.7. The van der Waals surface area contributed by atoms with Gasteiger partial charge in [-0.3, -0.25) is 4.79 Å². The number of ketones is 1. The lowest BCUT2D eigenvalue weighted by Crippen LogP contribution is -2.15. The Morgan fingerprint density at radius 3 is 2.40 bits per heavy atom. The first-order valence-corrected chi connectivity index (χ1v) is 11.0. The number of fused-ring (bicyclic) bond motifs is 1. The molecule has 0 N–H and O–H groups in total. The molecule has 6 heteroatoms. The van der Waals surface area contributed by atoms with Gasteiger partial charge < -0.3 is 4.74 Å². The van der Waals surface area contributed by atoms with E-state index in [4.69, 9.17) is 9.72 Å². The van der Waals surface area contributed by atoms with Crippen LogP contribution in [0.1, 0.15) is 20.7 Å². The molecule has 4 aromatic rings. The second-order valence-corrected chi connectivity index (χ2v) is 8.75. The van der Waals surface area contributed by atoms with Crippen molar-refractivity contribution in [3.05, 3.63) is 98.0 Å². The van der Waals surface area contributed by atoms with Gasteiger partial charge in [0, 0.05) is 24.6 Å². The van der Waals surface area contributed by atoms with Crippen LogP contribution in [0.3, 0.4) is 0 Å². The molecule has 0 saturated heterocycles. The minimum Gasteiger partial charge on any atom is -0.454 e. The van der Waals surface area contributed by atoms with Crippen molar-refractivity contribution in [1.29, 1.82) is 0 Å². The summed E-state index contributed by atoms with van der Waals surface area (Å²) in [5, 5.41) is 0.697. The highest BCUT2D eigenvalue weighted by atomic mass is 127. The minimum atomic E-state index is -0.549. The molecule has 0 saturated carbocycles. The Morgan fingerprint density at radius 1 is 0.933 bits per heavy atom. The van der Waals surface area contributed by atoms with Crippen molar-refractivity contribution in [2.24, 2.45) is 0 Å². The van der Waals surface area contributed by atoms with Crippen LogP contribution < -0.4 is 0 Å². The fourth-order valence-electron chi connectivity index (χ4n) is 3.05. The Hall–Kier alpha value is -2.58. The van der Waals surface area contributed by atoms with Gasteiger partial charge in [-0.2, -0.15) is 0 Å². The zero-order chi connectivity index (χ0) is 21.1. The Bertz CT molecular complexity index is 1240. The molecule has 0 amide bonds. The highest BCUT2D eigenvalue weighted by molar-refractivity contribution is 14.1. The zero-order valence-electron chi connectivity index (χ0n) is 15.6. The van der Waals surface area contributed by atoms with E-state index in [0.29, 0.717) is 27.7 Å². The summed E-state index contributed by atoms with van der Waals surface area (Å²) in [6.07, 6.45) is 0. The molecule has 1 aromatic heterocycles. The number of ether oxygens (including phenoxy) is 1. The van der Waals surface area contributed by atoms with Crippen LogP contribution in [0.4, 0.5) is 0 Å². The van der Waals surface area contributed by atoms with E-state index in [1.54, 1.807) is 30.3 Å². The standard InChI is InChI=1S/C24H15BrINO3/c25-17-8-6-16(7-9-17)23(28)14-30-24(29)20-13-22(15-4-2-1-3-5-15)27-21-11-10-18(26)12-19(20)21/h1-13H,14H2. The van der Waals surface area contributed by atoms with Crippen LogP contribution in [0.5, 0.6) is 0 Å². The summed E-state index contributed by atoms with van der Waals surface area (Å²) in [6.45, 7) is -0.325. The molecule has 0 spiro atoms. The Morgan fingerprint density at radius 2 is 1.67 bits per heavy atom. The van der Waals surface area contributed by atoms with Crippen molar-refractivity contribution in [3.63, 3.8) is 0 Å². The molecule has 0 radical (unpaired) electrons. The van der Waals surface area contributed by atoms with E-state index in [1.165, 1.54) is 0 Å². The molecule has 4 nitrogen and oxygen atoms in total. The highest BCUT2D eigenvalue weighted by Crippen LogP contribution is 2.27. The number of benzene rings is 3. The maximum Gasteiger partial charge on any atom is 0.339 e. The van der Waals surface area contributed by atoms with Crippen molar-refractivity contribution >= 4 is 61.2 Å². The van der Waals surface area contributed by atoms with Crippen molar-refractivity contribution in [1.82, 2.24) is 4.98 Å². The SMILES string of the molecule is O=C(COC(=O)c1cc(-c2ccccc2)nc2ccc(I)cc12)c1ccc(Br)cc1. The van der Waals surface area contributed by atoms with Gasteiger partial charge in [0.15, 0.2) is 12.4 Å². The molecular weight excluding hydrogens is 557 g/mol. The molecule has 0 aliphatic carbocycles. The molecule has 1 heterocycles. The average molecular weight is 572 g/mol. The van der Waals surface area contributed by atoms with Crippen molar-refractivity contribution < 1.29 is 14.3 Å². The molecule has 30 heavy (non-hydrogen) atoms. The molecule has 0 fully saturated rings. The van der Waals surface area contributed by atoms with E-state index in [2.05, 4.69) is 38.5 Å². The Labute approximate surface area is 195 Å². The quantitative estimate of drug-likeness (QED) is 0.160. The van der Waals surface area contributed by atoms with Crippen LogP contribution in [0.25, 0.3) is 22.2 Å². The second kappa shape index (κ2) is 9.06. The first-order chi connectivity index (χ1) is 14.5. The van der Waals surface area contributed by atoms with Gasteiger partial charge >= 0.3 is 5.97 Å². The van der Waals surface area contributed by atoms with Gasteiger partial charge in [-0.15, -0.1) is 0 Å². The predicted octanol–water partition coefficient (Wildman–Crippen LogP) is 6.31. The number of carbonyl (C=O) groups is 2. The third kappa shape index (κ3) is 4.60. The summed E-state index contributed by atoms with van der Waals surface area (Å²) in [5.41, 5.74) is 3.16. The number of halogens is 2. The Balaban J connectivity index is 1.66. The largest absolute Gasteiger partial charge is 0.454 e. The Kier molecular flexibility index (Phi) is 6.24. The summed E-state index contributed by atoms with van der Waals surface area (Å²) in [7, 11) is 0. The lowest BCUT2D eigenvalue weighted by Gasteiger charge is -2.10. The fourth-order valence-corrected chi connectivity index (χ4v) is 3.81. The fraction of sp³-hybridized carbons (Fsp3) is 0.0417. The molecule has 0 aliphatic rings. The molecular formula is C24H15BrINO3. The number of Topliss-reactive ketones (excluding diaryl/α,β-unsaturated/α-hetero) is 1. The number of esters is 1. The lowest BCUT2D eigenvalue weighted by atomic mass is 10.0.